The maximum Gasteiger partial charge on any atom is 0.237 e. The van der Waals surface area contributed by atoms with Gasteiger partial charge in [0.1, 0.15) is 0 Å². The molecular weight excluding hydrogens is 204 g/mol. The number of aryl methyl sites for hydroxylation is 1. The van der Waals surface area contributed by atoms with Crippen LogP contribution in [0.3, 0.4) is 0 Å². The number of carbonyl (C=O) groups is 1. The van der Waals surface area contributed by atoms with Crippen molar-refractivity contribution in [2.75, 3.05) is 11.1 Å². The Bertz CT molecular complexity index is 349. The average molecular weight is 214 g/mol. The van der Waals surface area contributed by atoms with E-state index in [4.69, 9.17) is 15.7 Å². The number of hydrogen-bond acceptors (Lipinski definition) is 5. The summed E-state index contributed by atoms with van der Waals surface area (Å²) >= 11 is 0.952. The molecule has 1 aromatic heterocycles. The summed E-state index contributed by atoms with van der Waals surface area (Å²) in [6.07, 6.45) is 0. The first-order chi connectivity index (χ1) is 6.58. The van der Waals surface area contributed by atoms with Gasteiger partial charge in [-0.2, -0.15) is 0 Å². The largest absolute Gasteiger partial charge is 0.379 e. The van der Waals surface area contributed by atoms with Crippen LogP contribution in [-0.2, 0) is 4.79 Å². The number of aromatic nitrogens is 1. The Kier molecular flexibility index (Phi) is 3.52. The van der Waals surface area contributed by atoms with Gasteiger partial charge >= 0.3 is 0 Å². The van der Waals surface area contributed by atoms with Crippen LogP contribution in [0, 0.1) is 12.3 Å². The second-order valence-corrected chi connectivity index (χ2v) is 3.55. The summed E-state index contributed by atoms with van der Waals surface area (Å²) in [4.78, 5) is 11.2. The Morgan fingerprint density at radius 3 is 3.07 bits per heavy atom. The number of thioether (sulfide) groups is 1. The van der Waals surface area contributed by atoms with E-state index < -0.39 is 0 Å². The molecule has 0 saturated carbocycles. The highest BCUT2D eigenvalue weighted by molar-refractivity contribution is 8.14. The summed E-state index contributed by atoms with van der Waals surface area (Å²) in [5, 5.41) is 12.9. The normalized spacial score (nSPS) is 9.79. The lowest BCUT2D eigenvalue weighted by Gasteiger charge is -1.98. The van der Waals surface area contributed by atoms with Gasteiger partial charge in [0.05, 0.1) is 11.4 Å². The fraction of sp³-hybridized carbons (Fsp3) is 0.286. The summed E-state index contributed by atoms with van der Waals surface area (Å²) in [6.45, 7) is 1.75. The number of amides is 1. The number of amidine groups is 1. The molecule has 0 fully saturated rings. The molecule has 0 radical (unpaired) electrons. The molecule has 7 heteroatoms. The predicted octanol–water partition coefficient (Wildman–Crippen LogP) is 0.548. The lowest BCUT2D eigenvalue weighted by Crippen LogP contribution is -2.16. The topological polar surface area (TPSA) is 105 Å². The summed E-state index contributed by atoms with van der Waals surface area (Å²) in [6, 6.07) is 1.61. The molecule has 76 valence electrons. The molecule has 0 aliphatic rings. The number of nitrogens with one attached hydrogen (secondary N) is 2. The Hall–Kier alpha value is -1.50. The Morgan fingerprint density at radius 1 is 1.86 bits per heavy atom. The SMILES string of the molecule is Cc1cc(NC(=O)CSC(=N)N)on1. The molecule has 0 spiro atoms. The lowest BCUT2D eigenvalue weighted by atomic mass is 10.5. The molecule has 0 aromatic carbocycles. The van der Waals surface area contributed by atoms with Gasteiger partial charge in [0, 0.05) is 6.07 Å². The number of hydrogen-bond donors (Lipinski definition) is 3. The van der Waals surface area contributed by atoms with Crippen molar-refractivity contribution in [3.63, 3.8) is 0 Å². The van der Waals surface area contributed by atoms with Crippen LogP contribution in [0.2, 0.25) is 0 Å². The van der Waals surface area contributed by atoms with Gasteiger partial charge in [-0.3, -0.25) is 15.5 Å². The molecule has 4 N–H and O–H groups in total. The zero-order valence-corrected chi connectivity index (χ0v) is 8.35. The quantitative estimate of drug-likeness (QED) is 0.503. The molecule has 14 heavy (non-hydrogen) atoms. The van der Waals surface area contributed by atoms with Crippen molar-refractivity contribution in [1.29, 1.82) is 5.41 Å². The van der Waals surface area contributed by atoms with E-state index in [2.05, 4.69) is 10.5 Å². The van der Waals surface area contributed by atoms with E-state index in [9.17, 15) is 4.79 Å². The fourth-order valence-corrected chi connectivity index (χ4v) is 1.10. The highest BCUT2D eigenvalue weighted by Crippen LogP contribution is 2.09. The molecule has 0 unspecified atom stereocenters. The van der Waals surface area contributed by atoms with E-state index in [0.29, 0.717) is 11.6 Å². The summed E-state index contributed by atoms with van der Waals surface area (Å²) in [5.41, 5.74) is 5.76. The van der Waals surface area contributed by atoms with Crippen molar-refractivity contribution in [3.8, 4) is 0 Å². The molecule has 1 rings (SSSR count). The van der Waals surface area contributed by atoms with Gasteiger partial charge in [-0.1, -0.05) is 16.9 Å². The van der Waals surface area contributed by atoms with Crippen molar-refractivity contribution in [1.82, 2.24) is 5.16 Å². The first kappa shape index (κ1) is 10.6. The average Bonchev–Trinajstić information content (AvgIpc) is 2.48. The third-order valence-corrected chi connectivity index (χ3v) is 1.97. The van der Waals surface area contributed by atoms with Gasteiger partial charge in [-0.05, 0) is 6.92 Å². The third-order valence-electron chi connectivity index (χ3n) is 1.25. The molecular formula is C7H10N4O2S. The first-order valence-corrected chi connectivity index (χ1v) is 4.76. The van der Waals surface area contributed by atoms with Crippen LogP contribution in [0.15, 0.2) is 10.6 Å². The second kappa shape index (κ2) is 4.66. The number of nitrogens with zero attached hydrogens (tertiary/aromatic N) is 1. The standard InChI is InChI=1S/C7H10N4O2S/c1-4-2-6(13-11-4)10-5(12)3-14-7(8)9/h2H,3H2,1H3,(H3,8,9)(H,10,12). The van der Waals surface area contributed by atoms with Gasteiger partial charge < -0.3 is 10.3 Å². The van der Waals surface area contributed by atoms with Gasteiger partial charge in [0.25, 0.3) is 0 Å². The van der Waals surface area contributed by atoms with Gasteiger partial charge in [-0.25, -0.2) is 0 Å². The molecule has 1 heterocycles. The van der Waals surface area contributed by atoms with Crippen LogP contribution in [0.5, 0.6) is 0 Å². The molecule has 1 aromatic rings. The lowest BCUT2D eigenvalue weighted by molar-refractivity contribution is -0.113. The van der Waals surface area contributed by atoms with Crippen LogP contribution < -0.4 is 11.1 Å². The predicted molar refractivity (Wildman–Crippen MR) is 54.2 cm³/mol. The summed E-state index contributed by atoms with van der Waals surface area (Å²) in [7, 11) is 0. The number of rotatable bonds is 3. The van der Waals surface area contributed by atoms with Crippen molar-refractivity contribution < 1.29 is 9.32 Å². The molecule has 1 amide bonds. The van der Waals surface area contributed by atoms with E-state index in [0.717, 1.165) is 11.8 Å². The molecule has 0 aliphatic carbocycles. The minimum absolute atomic E-state index is 0.0890. The molecule has 6 nitrogen and oxygen atoms in total. The van der Waals surface area contributed by atoms with Crippen LogP contribution >= 0.6 is 11.8 Å². The second-order valence-electron chi connectivity index (χ2n) is 2.53. The molecule has 0 aliphatic heterocycles. The zero-order valence-electron chi connectivity index (χ0n) is 7.53. The maximum atomic E-state index is 11.2. The van der Waals surface area contributed by atoms with E-state index in [-0.39, 0.29) is 16.8 Å². The smallest absolute Gasteiger partial charge is 0.237 e. The van der Waals surface area contributed by atoms with Crippen LogP contribution in [0.1, 0.15) is 5.69 Å². The van der Waals surface area contributed by atoms with Crippen molar-refractivity contribution in [2.24, 2.45) is 5.73 Å². The molecule has 0 saturated heterocycles. The highest BCUT2D eigenvalue weighted by atomic mass is 32.2. The number of nitrogens with two attached hydrogens (primary N) is 1. The van der Waals surface area contributed by atoms with Crippen LogP contribution in [0.4, 0.5) is 5.88 Å². The van der Waals surface area contributed by atoms with E-state index in [1.165, 1.54) is 0 Å². The van der Waals surface area contributed by atoms with Gasteiger partial charge in [0.2, 0.25) is 11.8 Å². The third kappa shape index (κ3) is 3.48. The van der Waals surface area contributed by atoms with E-state index in [1.54, 1.807) is 13.0 Å². The van der Waals surface area contributed by atoms with Gasteiger partial charge in [0.15, 0.2) is 5.17 Å². The Labute approximate surface area is 84.7 Å². The van der Waals surface area contributed by atoms with Crippen molar-refractivity contribution in [2.45, 2.75) is 6.92 Å². The maximum absolute atomic E-state index is 11.2. The van der Waals surface area contributed by atoms with Crippen molar-refractivity contribution in [3.05, 3.63) is 11.8 Å². The van der Waals surface area contributed by atoms with Crippen LogP contribution in [-0.4, -0.2) is 22.0 Å². The highest BCUT2D eigenvalue weighted by Gasteiger charge is 2.06. The molecule has 0 atom stereocenters. The molecule has 0 bridgehead atoms. The number of carbonyl (C=O) groups excluding carboxylic acids is 1. The zero-order chi connectivity index (χ0) is 10.6. The fourth-order valence-electron chi connectivity index (χ4n) is 0.739. The summed E-state index contributed by atoms with van der Waals surface area (Å²) in [5.74, 6) is 0.118. The van der Waals surface area contributed by atoms with Crippen molar-refractivity contribution >= 4 is 28.7 Å². The van der Waals surface area contributed by atoms with Gasteiger partial charge in [-0.15, -0.1) is 0 Å². The minimum Gasteiger partial charge on any atom is -0.379 e. The van der Waals surface area contributed by atoms with E-state index >= 15 is 0 Å². The Morgan fingerprint density at radius 2 is 2.57 bits per heavy atom. The minimum atomic E-state index is -0.277. The Balaban J connectivity index is 2.37. The monoisotopic (exact) mass is 214 g/mol. The van der Waals surface area contributed by atoms with Crippen LogP contribution in [0.25, 0.3) is 0 Å². The van der Waals surface area contributed by atoms with E-state index in [1.807, 2.05) is 0 Å². The first-order valence-electron chi connectivity index (χ1n) is 3.78. The summed E-state index contributed by atoms with van der Waals surface area (Å²) < 4.78 is 4.77. The number of anilines is 1.